The maximum absolute atomic E-state index is 3.00. The first-order valence-electron chi connectivity index (χ1n) is 3.85. The summed E-state index contributed by atoms with van der Waals surface area (Å²) in [5.74, 6) is 3.50. The molecule has 0 fully saturated rings. The first-order chi connectivity index (χ1) is 4.77. The fourth-order valence-electron chi connectivity index (χ4n) is 0.463. The van der Waals surface area contributed by atoms with Crippen molar-refractivity contribution in [3.05, 3.63) is 13.2 Å². The van der Waals surface area contributed by atoms with Gasteiger partial charge in [0.15, 0.2) is 0 Å². The van der Waals surface area contributed by atoms with Crippen LogP contribution < -0.4 is 0 Å². The van der Waals surface area contributed by atoms with Crippen LogP contribution in [0.25, 0.3) is 0 Å². The fourth-order valence-corrected chi connectivity index (χ4v) is 1.39. The Morgan fingerprint density at radius 1 is 1.30 bits per heavy atom. The van der Waals surface area contributed by atoms with Gasteiger partial charge in [-0.3, -0.25) is 0 Å². The average molecular weight is 160 g/mol. The monoisotopic (exact) mass is 160 g/mol. The van der Waals surface area contributed by atoms with E-state index in [0.717, 1.165) is 5.92 Å². The van der Waals surface area contributed by atoms with E-state index >= 15 is 0 Å². The van der Waals surface area contributed by atoms with E-state index in [9.17, 15) is 0 Å². The van der Waals surface area contributed by atoms with Gasteiger partial charge in [-0.15, -0.1) is 13.2 Å². The first-order valence-corrected chi connectivity index (χ1v) is 5.00. The maximum Gasteiger partial charge on any atom is -0.00652 e. The molecule has 0 aromatic heterocycles. The summed E-state index contributed by atoms with van der Waals surface area (Å²) in [6.07, 6.45) is 1.37. The second-order valence-corrected chi connectivity index (χ2v) is 3.77. The van der Waals surface area contributed by atoms with E-state index in [0.29, 0.717) is 0 Å². The third kappa shape index (κ3) is 15.7. The van der Waals surface area contributed by atoms with Gasteiger partial charge >= 0.3 is 0 Å². The maximum atomic E-state index is 3.00. The van der Waals surface area contributed by atoms with Gasteiger partial charge in [0.05, 0.1) is 0 Å². The van der Waals surface area contributed by atoms with Crippen LogP contribution in [0.3, 0.4) is 0 Å². The lowest BCUT2D eigenvalue weighted by molar-refractivity contribution is 0.632. The molecule has 0 N–H and O–H groups in total. The fraction of sp³-hybridized carbons (Fsp3) is 0.778. The summed E-state index contributed by atoms with van der Waals surface area (Å²) in [4.78, 5) is 0. The second-order valence-electron chi connectivity index (χ2n) is 2.38. The normalized spacial score (nSPS) is 8.80. The van der Waals surface area contributed by atoms with Crippen molar-refractivity contribution < 1.29 is 0 Å². The van der Waals surface area contributed by atoms with Crippen LogP contribution >= 0.6 is 11.8 Å². The Bertz CT molecular complexity index is 50.7. The molecule has 62 valence electrons. The van der Waals surface area contributed by atoms with Crippen LogP contribution in [0.15, 0.2) is 13.2 Å². The molecule has 0 aliphatic rings. The van der Waals surface area contributed by atoms with Crippen LogP contribution in [-0.4, -0.2) is 11.5 Å². The Morgan fingerprint density at radius 3 is 2.10 bits per heavy atom. The van der Waals surface area contributed by atoms with Crippen molar-refractivity contribution in [2.24, 2.45) is 5.92 Å². The van der Waals surface area contributed by atoms with Gasteiger partial charge in [-0.25, -0.2) is 0 Å². The van der Waals surface area contributed by atoms with Crippen LogP contribution in [-0.2, 0) is 0 Å². The minimum atomic E-state index is 0.883. The molecule has 0 aliphatic carbocycles. The largest absolute Gasteiger partial charge is 0.162 e. The molecule has 10 heavy (non-hydrogen) atoms. The Hall–Kier alpha value is 0.0900. The van der Waals surface area contributed by atoms with Crippen LogP contribution in [0.4, 0.5) is 0 Å². The van der Waals surface area contributed by atoms with Gasteiger partial charge < -0.3 is 0 Å². The highest BCUT2D eigenvalue weighted by Gasteiger charge is 1.90. The minimum absolute atomic E-state index is 0.883. The predicted octanol–water partition coefficient (Wildman–Crippen LogP) is 3.59. The second kappa shape index (κ2) is 11.8. The summed E-state index contributed by atoms with van der Waals surface area (Å²) < 4.78 is 0. The van der Waals surface area contributed by atoms with E-state index in [1.807, 2.05) is 11.8 Å². The van der Waals surface area contributed by atoms with E-state index in [-0.39, 0.29) is 0 Å². The number of hydrogen-bond acceptors (Lipinski definition) is 1. The van der Waals surface area contributed by atoms with Gasteiger partial charge in [0.2, 0.25) is 0 Å². The molecule has 0 rings (SSSR count). The molecule has 0 amide bonds. The van der Waals surface area contributed by atoms with Crippen molar-refractivity contribution in [1.82, 2.24) is 0 Å². The molecule has 0 nitrogen and oxygen atoms in total. The molecule has 0 aliphatic heterocycles. The Kier molecular flexibility index (Phi) is 15.1. The van der Waals surface area contributed by atoms with E-state index in [1.165, 1.54) is 17.9 Å². The zero-order valence-electron chi connectivity index (χ0n) is 7.52. The average Bonchev–Trinajstić information content (AvgIpc) is 1.92. The highest BCUT2D eigenvalue weighted by Crippen LogP contribution is 2.06. The van der Waals surface area contributed by atoms with Crippen molar-refractivity contribution in [2.45, 2.75) is 27.2 Å². The molecule has 0 unspecified atom stereocenters. The van der Waals surface area contributed by atoms with Crippen LogP contribution in [0.2, 0.25) is 0 Å². The molecule has 0 radical (unpaired) electrons. The van der Waals surface area contributed by atoms with Gasteiger partial charge in [-0.1, -0.05) is 20.8 Å². The summed E-state index contributed by atoms with van der Waals surface area (Å²) in [6, 6.07) is 0. The molecular formula is C9H20S. The van der Waals surface area contributed by atoms with Gasteiger partial charge in [-0.05, 0) is 23.8 Å². The summed E-state index contributed by atoms with van der Waals surface area (Å²) in [6.45, 7) is 12.8. The quantitative estimate of drug-likeness (QED) is 0.447. The smallest absolute Gasteiger partial charge is 0.00652 e. The number of rotatable bonds is 4. The number of hydrogen-bond donors (Lipinski definition) is 0. The van der Waals surface area contributed by atoms with Crippen LogP contribution in [0, 0.1) is 5.92 Å². The first kappa shape index (κ1) is 12.7. The molecule has 1 heteroatoms. The highest BCUT2D eigenvalue weighted by molar-refractivity contribution is 7.99. The van der Waals surface area contributed by atoms with E-state index in [1.54, 1.807) is 0 Å². The van der Waals surface area contributed by atoms with Gasteiger partial charge in [-0.2, -0.15) is 11.8 Å². The van der Waals surface area contributed by atoms with Gasteiger partial charge in [0, 0.05) is 0 Å². The Morgan fingerprint density at radius 2 is 1.80 bits per heavy atom. The standard InChI is InChI=1S/C7H16S.C2H4/c1-4-8-6-5-7(2)3;1-2/h7H,4-6H2,1-3H3;1-2H2. The zero-order chi connectivity index (χ0) is 8.41. The zero-order valence-corrected chi connectivity index (χ0v) is 8.34. The molecule has 0 spiro atoms. The van der Waals surface area contributed by atoms with Gasteiger partial charge in [0.1, 0.15) is 0 Å². The molecule has 0 aromatic rings. The van der Waals surface area contributed by atoms with Crippen molar-refractivity contribution in [2.75, 3.05) is 11.5 Å². The summed E-state index contributed by atoms with van der Waals surface area (Å²) in [7, 11) is 0. The van der Waals surface area contributed by atoms with Gasteiger partial charge in [0.25, 0.3) is 0 Å². The molecule has 0 atom stereocenters. The van der Waals surface area contributed by atoms with E-state index in [4.69, 9.17) is 0 Å². The van der Waals surface area contributed by atoms with Crippen LogP contribution in [0.5, 0.6) is 0 Å². The minimum Gasteiger partial charge on any atom is -0.162 e. The van der Waals surface area contributed by atoms with Crippen molar-refractivity contribution >= 4 is 11.8 Å². The SMILES string of the molecule is C=C.CCSCCC(C)C. The molecule has 0 saturated carbocycles. The molecule has 0 aromatic carbocycles. The van der Waals surface area contributed by atoms with Crippen LogP contribution in [0.1, 0.15) is 27.2 Å². The third-order valence-corrected chi connectivity index (χ3v) is 1.98. The summed E-state index contributed by atoms with van der Waals surface area (Å²) >= 11 is 2.04. The summed E-state index contributed by atoms with van der Waals surface area (Å²) in [5.41, 5.74) is 0. The van der Waals surface area contributed by atoms with E-state index in [2.05, 4.69) is 33.9 Å². The van der Waals surface area contributed by atoms with Crippen molar-refractivity contribution in [1.29, 1.82) is 0 Å². The lowest BCUT2D eigenvalue weighted by Crippen LogP contribution is -1.88. The molecule has 0 heterocycles. The molecular weight excluding hydrogens is 140 g/mol. The Balaban J connectivity index is 0. The van der Waals surface area contributed by atoms with Crippen molar-refractivity contribution in [3.63, 3.8) is 0 Å². The predicted molar refractivity (Wildman–Crippen MR) is 53.7 cm³/mol. The Labute approximate surface area is 70.1 Å². The lowest BCUT2D eigenvalue weighted by Gasteiger charge is -2.00. The molecule has 0 saturated heterocycles. The third-order valence-electron chi connectivity index (χ3n) is 1.04. The summed E-state index contributed by atoms with van der Waals surface area (Å²) in [5, 5.41) is 0. The van der Waals surface area contributed by atoms with E-state index < -0.39 is 0 Å². The molecule has 0 bridgehead atoms. The van der Waals surface area contributed by atoms with Crippen molar-refractivity contribution in [3.8, 4) is 0 Å². The number of thioether (sulfide) groups is 1. The lowest BCUT2D eigenvalue weighted by atomic mass is 10.2. The highest BCUT2D eigenvalue weighted by atomic mass is 32.2. The topological polar surface area (TPSA) is 0 Å².